The normalized spacial score (nSPS) is 19.7. The van der Waals surface area contributed by atoms with Gasteiger partial charge in [0.15, 0.2) is 0 Å². The molecule has 0 unspecified atom stereocenters. The highest BCUT2D eigenvalue weighted by Gasteiger charge is 2.31. The van der Waals surface area contributed by atoms with Crippen LogP contribution < -0.4 is 4.90 Å². The second-order valence-electron chi connectivity index (χ2n) is 9.10. The summed E-state index contributed by atoms with van der Waals surface area (Å²) >= 11 is 0. The molecule has 166 valence electrons. The van der Waals surface area contributed by atoms with Crippen LogP contribution >= 0.6 is 0 Å². The molecule has 1 saturated heterocycles. The molecule has 2 aliphatic heterocycles. The zero-order valence-electron chi connectivity index (χ0n) is 19.3. The first kappa shape index (κ1) is 21.8. The molecule has 0 spiro atoms. The molecule has 4 heterocycles. The molecule has 2 aromatic heterocycles. The van der Waals surface area contributed by atoms with Crippen molar-refractivity contribution in [2.75, 3.05) is 18.0 Å². The summed E-state index contributed by atoms with van der Waals surface area (Å²) in [5.41, 5.74) is 3.27. The van der Waals surface area contributed by atoms with Crippen LogP contribution in [0.2, 0.25) is 0 Å². The molecule has 4 rings (SSSR count). The number of nitrogens with zero attached hydrogens (tertiary/aromatic N) is 6. The molecule has 31 heavy (non-hydrogen) atoms. The van der Waals surface area contributed by atoms with E-state index in [1.54, 1.807) is 0 Å². The first-order chi connectivity index (χ1) is 15.0. The summed E-state index contributed by atoms with van der Waals surface area (Å²) in [5, 5.41) is 0. The van der Waals surface area contributed by atoms with Crippen molar-refractivity contribution >= 4 is 11.7 Å². The zero-order chi connectivity index (χ0) is 22.0. The third-order valence-corrected chi connectivity index (χ3v) is 6.34. The number of fused-ring (bicyclic) bond motifs is 1. The molecule has 0 radical (unpaired) electrons. The number of piperidine rings is 1. The second kappa shape index (κ2) is 9.39. The van der Waals surface area contributed by atoms with Crippen LogP contribution in [0, 0.1) is 6.92 Å². The first-order valence-corrected chi connectivity index (χ1v) is 11.7. The fourth-order valence-corrected chi connectivity index (χ4v) is 4.66. The van der Waals surface area contributed by atoms with Crippen molar-refractivity contribution in [2.24, 2.45) is 0 Å². The number of amides is 1. The van der Waals surface area contributed by atoms with Gasteiger partial charge in [-0.1, -0.05) is 27.2 Å². The fraction of sp³-hybridized carbons (Fsp3) is 0.625. The SMILES string of the molecule is CCCN1C(=O)CCc2c(C)nc([C@@H]3CCCCN3Cc3cnc(C(C)C)nc3)nc21. The Morgan fingerprint density at radius 3 is 2.61 bits per heavy atom. The van der Waals surface area contributed by atoms with Gasteiger partial charge in [0.2, 0.25) is 5.91 Å². The molecule has 2 aliphatic rings. The second-order valence-corrected chi connectivity index (χ2v) is 9.10. The van der Waals surface area contributed by atoms with Gasteiger partial charge in [-0.15, -0.1) is 0 Å². The summed E-state index contributed by atoms with van der Waals surface area (Å²) in [6.07, 6.45) is 9.50. The van der Waals surface area contributed by atoms with Gasteiger partial charge in [0, 0.05) is 54.6 Å². The highest BCUT2D eigenvalue weighted by atomic mass is 16.2. The van der Waals surface area contributed by atoms with Gasteiger partial charge in [-0.3, -0.25) is 14.6 Å². The number of anilines is 1. The Kier molecular flexibility index (Phi) is 6.60. The smallest absolute Gasteiger partial charge is 0.228 e. The maximum atomic E-state index is 12.6. The molecule has 1 fully saturated rings. The van der Waals surface area contributed by atoms with Gasteiger partial charge in [0.25, 0.3) is 0 Å². The summed E-state index contributed by atoms with van der Waals surface area (Å²) < 4.78 is 0. The van der Waals surface area contributed by atoms with Crippen LogP contribution in [0.4, 0.5) is 5.82 Å². The van der Waals surface area contributed by atoms with Crippen molar-refractivity contribution in [1.82, 2.24) is 24.8 Å². The topological polar surface area (TPSA) is 75.1 Å². The van der Waals surface area contributed by atoms with Gasteiger partial charge in [0.1, 0.15) is 17.5 Å². The van der Waals surface area contributed by atoms with Crippen LogP contribution in [0.1, 0.15) is 93.3 Å². The van der Waals surface area contributed by atoms with Gasteiger partial charge in [-0.25, -0.2) is 19.9 Å². The summed E-state index contributed by atoms with van der Waals surface area (Å²) in [4.78, 5) is 35.9. The Morgan fingerprint density at radius 1 is 1.13 bits per heavy atom. The minimum atomic E-state index is 0.156. The Balaban J connectivity index is 1.62. The van der Waals surface area contributed by atoms with E-state index in [0.29, 0.717) is 12.3 Å². The average molecular weight is 423 g/mol. The Bertz CT molecular complexity index is 926. The van der Waals surface area contributed by atoms with Crippen LogP contribution in [0.5, 0.6) is 0 Å². The molecule has 0 bridgehead atoms. The predicted molar refractivity (Wildman–Crippen MR) is 121 cm³/mol. The van der Waals surface area contributed by atoms with E-state index in [1.807, 2.05) is 17.3 Å². The van der Waals surface area contributed by atoms with Crippen LogP contribution in [-0.4, -0.2) is 43.8 Å². The minimum absolute atomic E-state index is 0.156. The van der Waals surface area contributed by atoms with Crippen molar-refractivity contribution in [3.8, 4) is 0 Å². The number of likely N-dealkylation sites (tertiary alicyclic amines) is 1. The molecular formula is C24H34N6O. The van der Waals surface area contributed by atoms with Crippen LogP contribution in [0.15, 0.2) is 12.4 Å². The van der Waals surface area contributed by atoms with Crippen LogP contribution in [-0.2, 0) is 17.8 Å². The quantitative estimate of drug-likeness (QED) is 0.697. The van der Waals surface area contributed by atoms with Gasteiger partial charge in [-0.05, 0) is 39.2 Å². The van der Waals surface area contributed by atoms with Crippen molar-refractivity contribution in [3.63, 3.8) is 0 Å². The van der Waals surface area contributed by atoms with Crippen LogP contribution in [0.3, 0.4) is 0 Å². The van der Waals surface area contributed by atoms with Gasteiger partial charge >= 0.3 is 0 Å². The summed E-state index contributed by atoms with van der Waals surface area (Å²) in [7, 11) is 0. The van der Waals surface area contributed by atoms with Crippen molar-refractivity contribution in [2.45, 2.75) is 84.7 Å². The van der Waals surface area contributed by atoms with E-state index >= 15 is 0 Å². The standard InChI is InChI=1S/C24H34N6O/c1-5-11-30-21(31)10-9-19-17(4)27-23(28-24(19)30)20-8-6-7-12-29(20)15-18-13-25-22(16(2)3)26-14-18/h13-14,16,20H,5-12,15H2,1-4H3/t20-/m0/s1. The molecule has 1 amide bonds. The lowest BCUT2D eigenvalue weighted by Gasteiger charge is -2.36. The summed E-state index contributed by atoms with van der Waals surface area (Å²) in [6, 6.07) is 0.156. The van der Waals surface area contributed by atoms with E-state index in [4.69, 9.17) is 9.97 Å². The molecule has 2 aromatic rings. The molecule has 7 nitrogen and oxygen atoms in total. The van der Waals surface area contributed by atoms with Crippen molar-refractivity contribution in [3.05, 3.63) is 40.9 Å². The molecule has 7 heteroatoms. The molecule has 0 saturated carbocycles. The third-order valence-electron chi connectivity index (χ3n) is 6.34. The van der Waals surface area contributed by atoms with E-state index in [-0.39, 0.29) is 11.9 Å². The molecule has 0 aliphatic carbocycles. The lowest BCUT2D eigenvalue weighted by Crippen LogP contribution is -2.39. The molecule has 0 aromatic carbocycles. The number of hydrogen-bond donors (Lipinski definition) is 0. The van der Waals surface area contributed by atoms with E-state index in [2.05, 4.69) is 42.6 Å². The maximum Gasteiger partial charge on any atom is 0.228 e. The van der Waals surface area contributed by atoms with Gasteiger partial charge < -0.3 is 0 Å². The number of aryl methyl sites for hydroxylation is 1. The summed E-state index contributed by atoms with van der Waals surface area (Å²) in [6.45, 7) is 10.9. The number of carbonyl (C=O) groups is 1. The maximum absolute atomic E-state index is 12.6. The van der Waals surface area contributed by atoms with Gasteiger partial charge in [0.05, 0.1) is 6.04 Å². The van der Waals surface area contributed by atoms with Gasteiger partial charge in [-0.2, -0.15) is 0 Å². The van der Waals surface area contributed by atoms with E-state index in [1.165, 1.54) is 12.8 Å². The average Bonchev–Trinajstić information content (AvgIpc) is 2.76. The first-order valence-electron chi connectivity index (χ1n) is 11.7. The number of hydrogen-bond acceptors (Lipinski definition) is 6. The van der Waals surface area contributed by atoms with E-state index in [0.717, 1.165) is 73.2 Å². The number of aromatic nitrogens is 4. The van der Waals surface area contributed by atoms with Crippen LogP contribution in [0.25, 0.3) is 0 Å². The Morgan fingerprint density at radius 2 is 1.90 bits per heavy atom. The highest BCUT2D eigenvalue weighted by molar-refractivity contribution is 5.95. The van der Waals surface area contributed by atoms with Crippen molar-refractivity contribution < 1.29 is 4.79 Å². The highest BCUT2D eigenvalue weighted by Crippen LogP contribution is 2.34. The zero-order valence-corrected chi connectivity index (χ0v) is 19.3. The largest absolute Gasteiger partial charge is 0.296 e. The van der Waals surface area contributed by atoms with E-state index in [9.17, 15) is 4.79 Å². The minimum Gasteiger partial charge on any atom is -0.296 e. The molecular weight excluding hydrogens is 388 g/mol. The number of carbonyl (C=O) groups excluding carboxylic acids is 1. The molecule has 1 atom stereocenters. The predicted octanol–water partition coefficient (Wildman–Crippen LogP) is 4.11. The lowest BCUT2D eigenvalue weighted by molar-refractivity contribution is -0.119. The fourth-order valence-electron chi connectivity index (χ4n) is 4.66. The van der Waals surface area contributed by atoms with Crippen molar-refractivity contribution in [1.29, 1.82) is 0 Å². The molecule has 0 N–H and O–H groups in total. The third kappa shape index (κ3) is 4.61. The number of rotatable bonds is 6. The lowest BCUT2D eigenvalue weighted by atomic mass is 9.99. The van der Waals surface area contributed by atoms with E-state index < -0.39 is 0 Å². The Hall–Kier alpha value is -2.41. The summed E-state index contributed by atoms with van der Waals surface area (Å²) in [5.74, 6) is 3.09. The Labute approximate surface area is 185 Å². The monoisotopic (exact) mass is 422 g/mol.